The average Bonchev–Trinajstić information content (AvgIpc) is 2.45. The fourth-order valence-electron chi connectivity index (χ4n) is 2.71. The normalized spacial score (nSPS) is 16.9. The van der Waals surface area contributed by atoms with Gasteiger partial charge in [0.05, 0.1) is 0 Å². The number of aromatic nitrogens is 1. The Bertz CT molecular complexity index is 489. The van der Waals surface area contributed by atoms with Gasteiger partial charge in [0.2, 0.25) is 0 Å². The summed E-state index contributed by atoms with van der Waals surface area (Å²) in [7, 11) is 0. The minimum Gasteiger partial charge on any atom is -0.444 e. The van der Waals surface area contributed by atoms with Crippen LogP contribution in [0.5, 0.6) is 0 Å². The summed E-state index contributed by atoms with van der Waals surface area (Å²) in [5.41, 5.74) is 7.72. The van der Waals surface area contributed by atoms with Crippen molar-refractivity contribution in [1.29, 1.82) is 0 Å². The topological polar surface area (TPSA) is 68.5 Å². The lowest BCUT2D eigenvalue weighted by molar-refractivity contribution is 0.0204. The highest BCUT2D eigenvalue weighted by atomic mass is 16.6. The molecular formula is C16H25N3O2. The van der Waals surface area contributed by atoms with Gasteiger partial charge in [-0.05, 0) is 56.7 Å². The summed E-state index contributed by atoms with van der Waals surface area (Å²) in [6.07, 6.45) is 5.33. The molecule has 21 heavy (non-hydrogen) atoms. The van der Waals surface area contributed by atoms with Crippen molar-refractivity contribution in [3.63, 3.8) is 0 Å². The molecule has 0 saturated carbocycles. The van der Waals surface area contributed by atoms with Gasteiger partial charge in [0.15, 0.2) is 0 Å². The average molecular weight is 291 g/mol. The zero-order valence-corrected chi connectivity index (χ0v) is 13.1. The summed E-state index contributed by atoms with van der Waals surface area (Å²) in [5.74, 6) is 0.449. The minimum atomic E-state index is -0.439. The quantitative estimate of drug-likeness (QED) is 0.909. The number of amides is 1. The number of hydrogen-bond acceptors (Lipinski definition) is 4. The Morgan fingerprint density at radius 2 is 2.10 bits per heavy atom. The number of carbonyl (C=O) groups excluding carboxylic acids is 1. The van der Waals surface area contributed by atoms with Crippen LogP contribution in [0.3, 0.4) is 0 Å². The van der Waals surface area contributed by atoms with Gasteiger partial charge in [0.1, 0.15) is 5.60 Å². The van der Waals surface area contributed by atoms with Crippen LogP contribution in [0, 0.1) is 0 Å². The highest BCUT2D eigenvalue weighted by Crippen LogP contribution is 2.30. The molecule has 1 aromatic rings. The van der Waals surface area contributed by atoms with Crippen molar-refractivity contribution >= 4 is 6.09 Å². The third-order valence-corrected chi connectivity index (χ3v) is 3.75. The predicted molar refractivity (Wildman–Crippen MR) is 81.9 cm³/mol. The van der Waals surface area contributed by atoms with Gasteiger partial charge < -0.3 is 15.4 Å². The molecule has 5 nitrogen and oxygen atoms in total. The summed E-state index contributed by atoms with van der Waals surface area (Å²) in [6.45, 7) is 7.64. The second kappa shape index (κ2) is 6.43. The van der Waals surface area contributed by atoms with Gasteiger partial charge in [0.25, 0.3) is 0 Å². The number of hydrogen-bond donors (Lipinski definition) is 1. The molecule has 2 heterocycles. The summed E-state index contributed by atoms with van der Waals surface area (Å²) in [4.78, 5) is 18.0. The van der Waals surface area contributed by atoms with Gasteiger partial charge in [-0.25, -0.2) is 4.79 Å². The summed E-state index contributed by atoms with van der Waals surface area (Å²) in [6, 6.07) is 2.05. The van der Waals surface area contributed by atoms with E-state index in [4.69, 9.17) is 10.5 Å². The van der Waals surface area contributed by atoms with Crippen LogP contribution in [0.15, 0.2) is 18.5 Å². The second-order valence-electron chi connectivity index (χ2n) is 6.52. The van der Waals surface area contributed by atoms with E-state index in [1.807, 2.05) is 33.2 Å². The smallest absolute Gasteiger partial charge is 0.410 e. The first-order valence-electron chi connectivity index (χ1n) is 7.51. The van der Waals surface area contributed by atoms with Crippen molar-refractivity contribution in [2.24, 2.45) is 5.73 Å². The van der Waals surface area contributed by atoms with Crippen molar-refractivity contribution in [3.8, 4) is 0 Å². The molecule has 5 heteroatoms. The molecule has 1 aromatic heterocycles. The first-order chi connectivity index (χ1) is 9.90. The van der Waals surface area contributed by atoms with Crippen molar-refractivity contribution in [3.05, 3.63) is 29.6 Å². The van der Waals surface area contributed by atoms with Crippen LogP contribution in [0.2, 0.25) is 0 Å². The van der Waals surface area contributed by atoms with Gasteiger partial charge in [0, 0.05) is 32.0 Å². The highest BCUT2D eigenvalue weighted by molar-refractivity contribution is 5.68. The number of pyridine rings is 1. The third kappa shape index (κ3) is 4.17. The Morgan fingerprint density at radius 3 is 2.67 bits per heavy atom. The van der Waals surface area contributed by atoms with Crippen molar-refractivity contribution in [2.45, 2.75) is 51.7 Å². The molecule has 1 amide bonds. The van der Waals surface area contributed by atoms with Crippen LogP contribution in [-0.4, -0.2) is 34.7 Å². The molecule has 116 valence electrons. The lowest BCUT2D eigenvalue weighted by Crippen LogP contribution is -2.41. The largest absolute Gasteiger partial charge is 0.444 e. The highest BCUT2D eigenvalue weighted by Gasteiger charge is 2.28. The Kier molecular flexibility index (Phi) is 4.83. The van der Waals surface area contributed by atoms with E-state index < -0.39 is 5.60 Å². The van der Waals surface area contributed by atoms with E-state index in [0.29, 0.717) is 12.5 Å². The SMILES string of the molecule is CC(C)(C)OC(=O)N1CCC(c2ccncc2CN)CC1. The fourth-order valence-corrected chi connectivity index (χ4v) is 2.71. The van der Waals surface area contributed by atoms with Crippen LogP contribution in [0.1, 0.15) is 50.7 Å². The molecule has 1 aliphatic heterocycles. The number of nitrogens with zero attached hydrogens (tertiary/aromatic N) is 2. The number of nitrogens with two attached hydrogens (primary N) is 1. The zero-order chi connectivity index (χ0) is 15.5. The number of ether oxygens (including phenoxy) is 1. The summed E-state index contributed by atoms with van der Waals surface area (Å²) >= 11 is 0. The van der Waals surface area contributed by atoms with E-state index in [9.17, 15) is 4.79 Å². The van der Waals surface area contributed by atoms with E-state index in [2.05, 4.69) is 11.1 Å². The van der Waals surface area contributed by atoms with Crippen LogP contribution in [-0.2, 0) is 11.3 Å². The van der Waals surface area contributed by atoms with Gasteiger partial charge in [-0.1, -0.05) is 0 Å². The molecule has 0 radical (unpaired) electrons. The maximum atomic E-state index is 12.1. The van der Waals surface area contributed by atoms with E-state index in [1.54, 1.807) is 4.90 Å². The molecule has 2 N–H and O–H groups in total. The second-order valence-corrected chi connectivity index (χ2v) is 6.52. The molecular weight excluding hydrogens is 266 g/mol. The maximum absolute atomic E-state index is 12.1. The summed E-state index contributed by atoms with van der Waals surface area (Å²) in [5, 5.41) is 0. The first kappa shape index (κ1) is 15.8. The van der Waals surface area contributed by atoms with Crippen LogP contribution in [0.25, 0.3) is 0 Å². The standard InChI is InChI=1S/C16H25N3O2/c1-16(2,3)21-15(20)19-8-5-12(6-9-19)14-4-7-18-11-13(14)10-17/h4,7,11-12H,5-6,8-10,17H2,1-3H3. The molecule has 1 saturated heterocycles. The van der Waals surface area contributed by atoms with E-state index in [1.165, 1.54) is 5.56 Å². The number of likely N-dealkylation sites (tertiary alicyclic amines) is 1. The van der Waals surface area contributed by atoms with Crippen molar-refractivity contribution in [2.75, 3.05) is 13.1 Å². The number of piperidine rings is 1. The fraction of sp³-hybridized carbons (Fsp3) is 0.625. The van der Waals surface area contributed by atoms with Gasteiger partial charge in [-0.15, -0.1) is 0 Å². The lowest BCUT2D eigenvalue weighted by atomic mass is 9.87. The Hall–Kier alpha value is -1.62. The maximum Gasteiger partial charge on any atom is 0.410 e. The zero-order valence-electron chi connectivity index (χ0n) is 13.1. The summed E-state index contributed by atoms with van der Waals surface area (Å²) < 4.78 is 5.42. The van der Waals surface area contributed by atoms with E-state index in [-0.39, 0.29) is 6.09 Å². The van der Waals surface area contributed by atoms with Crippen LogP contribution < -0.4 is 5.73 Å². The number of carbonyl (C=O) groups is 1. The minimum absolute atomic E-state index is 0.213. The predicted octanol–water partition coefficient (Wildman–Crippen LogP) is 2.65. The van der Waals surface area contributed by atoms with Crippen molar-refractivity contribution in [1.82, 2.24) is 9.88 Å². The lowest BCUT2D eigenvalue weighted by Gasteiger charge is -2.34. The Balaban J connectivity index is 1.96. The Labute approximate surface area is 126 Å². The first-order valence-corrected chi connectivity index (χ1v) is 7.51. The molecule has 0 spiro atoms. The van der Waals surface area contributed by atoms with Crippen LogP contribution >= 0.6 is 0 Å². The van der Waals surface area contributed by atoms with Crippen molar-refractivity contribution < 1.29 is 9.53 Å². The molecule has 1 fully saturated rings. The van der Waals surface area contributed by atoms with E-state index in [0.717, 1.165) is 31.5 Å². The molecule has 2 rings (SSSR count). The molecule has 0 bridgehead atoms. The van der Waals surface area contributed by atoms with E-state index >= 15 is 0 Å². The van der Waals surface area contributed by atoms with Gasteiger partial charge in [-0.2, -0.15) is 0 Å². The molecule has 0 aromatic carbocycles. The van der Waals surface area contributed by atoms with Gasteiger partial charge in [-0.3, -0.25) is 4.98 Å². The third-order valence-electron chi connectivity index (χ3n) is 3.75. The molecule has 1 aliphatic rings. The molecule has 0 atom stereocenters. The molecule has 0 aliphatic carbocycles. The van der Waals surface area contributed by atoms with Gasteiger partial charge >= 0.3 is 6.09 Å². The number of rotatable bonds is 2. The van der Waals surface area contributed by atoms with Crippen LogP contribution in [0.4, 0.5) is 4.79 Å². The monoisotopic (exact) mass is 291 g/mol. The Morgan fingerprint density at radius 1 is 1.43 bits per heavy atom. The molecule has 0 unspecified atom stereocenters.